The van der Waals surface area contributed by atoms with Crippen LogP contribution in [0.15, 0.2) is 48.1 Å². The zero-order chi connectivity index (χ0) is 12.5. The Kier molecular flexibility index (Phi) is 3.21. The van der Waals surface area contributed by atoms with Crippen LogP contribution in [0.25, 0.3) is 5.57 Å². The second kappa shape index (κ2) is 4.50. The third-order valence-corrected chi connectivity index (χ3v) is 3.51. The van der Waals surface area contributed by atoms with Gasteiger partial charge in [-0.3, -0.25) is 0 Å². The van der Waals surface area contributed by atoms with Gasteiger partial charge in [-0.15, -0.1) is 0 Å². The fourth-order valence-electron chi connectivity index (χ4n) is 2.28. The predicted molar refractivity (Wildman–Crippen MR) is 72.6 cm³/mol. The van der Waals surface area contributed by atoms with Crippen LogP contribution < -0.4 is 0 Å². The van der Waals surface area contributed by atoms with Crippen LogP contribution in [-0.4, -0.2) is 10.7 Å². The van der Waals surface area contributed by atoms with Crippen LogP contribution in [0.1, 0.15) is 32.8 Å². The van der Waals surface area contributed by atoms with Gasteiger partial charge in [0.2, 0.25) is 0 Å². The van der Waals surface area contributed by atoms with E-state index in [9.17, 15) is 5.11 Å². The standard InChI is InChI=1S/C16H20O/c1-12-9-10-14(16(2,3)17)11-15(12)13-7-5-4-6-8-13/h4-10,14,17H,11H2,1-3H3. The lowest BCUT2D eigenvalue weighted by Gasteiger charge is -2.31. The van der Waals surface area contributed by atoms with Crippen molar-refractivity contribution in [2.45, 2.75) is 32.8 Å². The molecule has 1 nitrogen and oxygen atoms in total. The number of rotatable bonds is 2. The average Bonchev–Trinajstić information content (AvgIpc) is 2.29. The Hall–Kier alpha value is -1.34. The zero-order valence-corrected chi connectivity index (χ0v) is 10.8. The largest absolute Gasteiger partial charge is 0.390 e. The third kappa shape index (κ3) is 2.67. The van der Waals surface area contributed by atoms with Gasteiger partial charge in [0.15, 0.2) is 0 Å². The molecule has 90 valence electrons. The van der Waals surface area contributed by atoms with Crippen LogP contribution in [0.5, 0.6) is 0 Å². The second-order valence-corrected chi connectivity index (χ2v) is 5.35. The van der Waals surface area contributed by atoms with Crippen molar-refractivity contribution in [2.75, 3.05) is 0 Å². The summed E-state index contributed by atoms with van der Waals surface area (Å²) in [5.74, 6) is 0.196. The van der Waals surface area contributed by atoms with Gasteiger partial charge in [-0.2, -0.15) is 0 Å². The molecule has 0 fully saturated rings. The monoisotopic (exact) mass is 228 g/mol. The Morgan fingerprint density at radius 2 is 1.82 bits per heavy atom. The molecule has 1 aliphatic rings. The first kappa shape index (κ1) is 12.1. The normalized spacial score (nSPS) is 20.8. The molecule has 1 unspecified atom stereocenters. The summed E-state index contributed by atoms with van der Waals surface area (Å²) in [4.78, 5) is 0. The number of hydrogen-bond acceptors (Lipinski definition) is 1. The molecule has 1 N–H and O–H groups in total. The van der Waals surface area contributed by atoms with Crippen molar-refractivity contribution in [1.82, 2.24) is 0 Å². The maximum absolute atomic E-state index is 10.1. The van der Waals surface area contributed by atoms with Crippen molar-refractivity contribution in [3.8, 4) is 0 Å². The van der Waals surface area contributed by atoms with Crippen LogP contribution in [-0.2, 0) is 0 Å². The van der Waals surface area contributed by atoms with E-state index in [1.54, 1.807) is 0 Å². The summed E-state index contributed by atoms with van der Waals surface area (Å²) in [5, 5.41) is 10.1. The highest BCUT2D eigenvalue weighted by Crippen LogP contribution is 2.36. The molecule has 1 atom stereocenters. The molecule has 1 aromatic rings. The Labute approximate surface area is 103 Å². The summed E-state index contributed by atoms with van der Waals surface area (Å²) in [5.41, 5.74) is 3.26. The summed E-state index contributed by atoms with van der Waals surface area (Å²) in [6, 6.07) is 10.4. The Morgan fingerprint density at radius 3 is 2.41 bits per heavy atom. The van der Waals surface area contributed by atoms with Crippen molar-refractivity contribution >= 4 is 5.57 Å². The molecule has 0 bridgehead atoms. The Morgan fingerprint density at radius 1 is 1.18 bits per heavy atom. The molecule has 0 aromatic heterocycles. The SMILES string of the molecule is CC1=C(c2ccccc2)CC(C(C)(C)O)C=C1. The van der Waals surface area contributed by atoms with Crippen LogP contribution in [0, 0.1) is 5.92 Å². The molecule has 1 heteroatoms. The lowest BCUT2D eigenvalue weighted by molar-refractivity contribution is 0.0385. The predicted octanol–water partition coefficient (Wildman–Crippen LogP) is 3.81. The fourth-order valence-corrected chi connectivity index (χ4v) is 2.28. The van der Waals surface area contributed by atoms with E-state index in [1.165, 1.54) is 16.7 Å². The first-order chi connectivity index (χ1) is 7.98. The number of aliphatic hydroxyl groups is 1. The van der Waals surface area contributed by atoms with Gasteiger partial charge >= 0.3 is 0 Å². The smallest absolute Gasteiger partial charge is 0.0657 e. The lowest BCUT2D eigenvalue weighted by atomic mass is 9.79. The highest BCUT2D eigenvalue weighted by atomic mass is 16.3. The summed E-state index contributed by atoms with van der Waals surface area (Å²) < 4.78 is 0. The number of benzene rings is 1. The molecule has 1 aliphatic carbocycles. The maximum Gasteiger partial charge on any atom is 0.0657 e. The molecule has 17 heavy (non-hydrogen) atoms. The Bertz CT molecular complexity index is 446. The molecule has 1 aromatic carbocycles. The highest BCUT2D eigenvalue weighted by Gasteiger charge is 2.28. The van der Waals surface area contributed by atoms with Crippen LogP contribution in [0.4, 0.5) is 0 Å². The average molecular weight is 228 g/mol. The van der Waals surface area contributed by atoms with E-state index in [2.05, 4.69) is 43.3 Å². The molecule has 0 amide bonds. The second-order valence-electron chi connectivity index (χ2n) is 5.35. The molecule has 0 heterocycles. The topological polar surface area (TPSA) is 20.2 Å². The van der Waals surface area contributed by atoms with E-state index in [-0.39, 0.29) is 5.92 Å². The van der Waals surface area contributed by atoms with Gasteiger partial charge in [-0.05, 0) is 43.9 Å². The van der Waals surface area contributed by atoms with E-state index in [0.717, 1.165) is 6.42 Å². The van der Waals surface area contributed by atoms with Gasteiger partial charge in [0.25, 0.3) is 0 Å². The van der Waals surface area contributed by atoms with Crippen molar-refractivity contribution in [3.63, 3.8) is 0 Å². The lowest BCUT2D eigenvalue weighted by Crippen LogP contribution is -2.30. The molecule has 0 radical (unpaired) electrons. The molecular formula is C16H20O. The van der Waals surface area contributed by atoms with Crippen molar-refractivity contribution < 1.29 is 5.11 Å². The van der Waals surface area contributed by atoms with Gasteiger partial charge in [0.05, 0.1) is 5.60 Å². The van der Waals surface area contributed by atoms with E-state index < -0.39 is 5.60 Å². The van der Waals surface area contributed by atoms with Gasteiger partial charge in [-0.25, -0.2) is 0 Å². The van der Waals surface area contributed by atoms with Crippen LogP contribution >= 0.6 is 0 Å². The number of hydrogen-bond donors (Lipinski definition) is 1. The Balaban J connectivity index is 2.32. The minimum atomic E-state index is -0.656. The quantitative estimate of drug-likeness (QED) is 0.816. The minimum Gasteiger partial charge on any atom is -0.390 e. The summed E-state index contributed by atoms with van der Waals surface area (Å²) in [6.07, 6.45) is 5.17. The van der Waals surface area contributed by atoms with Gasteiger partial charge in [0, 0.05) is 5.92 Å². The first-order valence-electron chi connectivity index (χ1n) is 6.14. The van der Waals surface area contributed by atoms with Gasteiger partial charge in [0.1, 0.15) is 0 Å². The van der Waals surface area contributed by atoms with Crippen molar-refractivity contribution in [3.05, 3.63) is 53.6 Å². The molecule has 0 spiro atoms. The van der Waals surface area contributed by atoms with Crippen LogP contribution in [0.3, 0.4) is 0 Å². The van der Waals surface area contributed by atoms with Gasteiger partial charge in [-0.1, -0.05) is 42.5 Å². The van der Waals surface area contributed by atoms with Crippen molar-refractivity contribution in [2.24, 2.45) is 5.92 Å². The first-order valence-corrected chi connectivity index (χ1v) is 6.14. The fraction of sp³-hybridized carbons (Fsp3) is 0.375. The summed E-state index contributed by atoms with van der Waals surface area (Å²) >= 11 is 0. The summed E-state index contributed by atoms with van der Waals surface area (Å²) in [6.45, 7) is 5.90. The molecule has 0 saturated heterocycles. The maximum atomic E-state index is 10.1. The molecular weight excluding hydrogens is 208 g/mol. The molecule has 0 aliphatic heterocycles. The minimum absolute atomic E-state index is 0.196. The van der Waals surface area contributed by atoms with E-state index in [0.29, 0.717) is 0 Å². The number of allylic oxidation sites excluding steroid dienone is 3. The van der Waals surface area contributed by atoms with E-state index >= 15 is 0 Å². The van der Waals surface area contributed by atoms with Gasteiger partial charge < -0.3 is 5.11 Å². The van der Waals surface area contributed by atoms with Crippen molar-refractivity contribution in [1.29, 1.82) is 0 Å². The van der Waals surface area contributed by atoms with Crippen LogP contribution in [0.2, 0.25) is 0 Å². The molecule has 0 saturated carbocycles. The molecule has 2 rings (SSSR count). The zero-order valence-electron chi connectivity index (χ0n) is 10.8. The third-order valence-electron chi connectivity index (χ3n) is 3.51. The highest BCUT2D eigenvalue weighted by molar-refractivity contribution is 5.72. The summed E-state index contributed by atoms with van der Waals surface area (Å²) in [7, 11) is 0. The van der Waals surface area contributed by atoms with E-state index in [4.69, 9.17) is 0 Å². The van der Waals surface area contributed by atoms with E-state index in [1.807, 2.05) is 19.9 Å².